The highest BCUT2D eigenvalue weighted by Crippen LogP contribution is 2.23. The fourth-order valence-corrected chi connectivity index (χ4v) is 2.78. The summed E-state index contributed by atoms with van der Waals surface area (Å²) in [7, 11) is 0. The van der Waals surface area contributed by atoms with E-state index < -0.39 is 0 Å². The molecule has 0 aliphatic carbocycles. The molecule has 0 radical (unpaired) electrons. The number of hydrogen-bond donors (Lipinski definition) is 1. The van der Waals surface area contributed by atoms with Crippen molar-refractivity contribution in [3.8, 4) is 0 Å². The zero-order valence-electron chi connectivity index (χ0n) is 13.7. The van der Waals surface area contributed by atoms with Crippen molar-refractivity contribution in [1.29, 1.82) is 0 Å². The van der Waals surface area contributed by atoms with Gasteiger partial charge in [0.2, 0.25) is 0 Å². The van der Waals surface area contributed by atoms with E-state index in [0.717, 1.165) is 12.8 Å². The number of hydrogen-bond acceptors (Lipinski definition) is 1. The molecule has 20 heavy (non-hydrogen) atoms. The molecule has 0 spiro atoms. The van der Waals surface area contributed by atoms with E-state index in [1.807, 2.05) is 0 Å². The van der Waals surface area contributed by atoms with Crippen LogP contribution in [-0.2, 0) is 25.9 Å². The Balaban J connectivity index is 3.02. The topological polar surface area (TPSA) is 20.2 Å². The van der Waals surface area contributed by atoms with Crippen LogP contribution in [-0.4, -0.2) is 5.11 Å². The molecule has 0 aliphatic rings. The number of benzene rings is 1. The fraction of sp³-hybridized carbons (Fsp3) is 0.684. The molecule has 1 N–H and O–H groups in total. The SMILES string of the molecule is CCCCc1cc(CCCC)c(CO)c(CCCC)c1. The molecule has 0 saturated heterocycles. The van der Waals surface area contributed by atoms with E-state index in [9.17, 15) is 5.11 Å². The molecule has 0 heterocycles. The third kappa shape index (κ3) is 5.28. The maximum atomic E-state index is 9.76. The Hall–Kier alpha value is -0.820. The van der Waals surface area contributed by atoms with Crippen molar-refractivity contribution >= 4 is 0 Å². The fourth-order valence-electron chi connectivity index (χ4n) is 2.78. The first-order valence-corrected chi connectivity index (χ1v) is 8.51. The summed E-state index contributed by atoms with van der Waals surface area (Å²) in [6.07, 6.45) is 10.8. The molecule has 1 rings (SSSR count). The van der Waals surface area contributed by atoms with Gasteiger partial charge in [-0.25, -0.2) is 0 Å². The Bertz CT molecular complexity index is 352. The summed E-state index contributed by atoms with van der Waals surface area (Å²) in [6.45, 7) is 6.92. The predicted octanol–water partition coefficient (Wildman–Crippen LogP) is 5.21. The molecule has 0 bridgehead atoms. The Kier molecular flexibility index (Phi) is 8.60. The first-order valence-electron chi connectivity index (χ1n) is 8.51. The van der Waals surface area contributed by atoms with Crippen LogP contribution in [0.1, 0.15) is 81.5 Å². The van der Waals surface area contributed by atoms with Gasteiger partial charge in [0, 0.05) is 0 Å². The summed E-state index contributed by atoms with van der Waals surface area (Å²) < 4.78 is 0. The summed E-state index contributed by atoms with van der Waals surface area (Å²) in [5.41, 5.74) is 5.48. The molecule has 0 fully saturated rings. The van der Waals surface area contributed by atoms with Gasteiger partial charge in [0.15, 0.2) is 0 Å². The van der Waals surface area contributed by atoms with Crippen molar-refractivity contribution in [3.05, 3.63) is 34.4 Å². The number of rotatable bonds is 10. The smallest absolute Gasteiger partial charge is 0.0687 e. The van der Waals surface area contributed by atoms with Crippen LogP contribution >= 0.6 is 0 Å². The Morgan fingerprint density at radius 3 is 1.60 bits per heavy atom. The van der Waals surface area contributed by atoms with Gasteiger partial charge in [0.25, 0.3) is 0 Å². The third-order valence-corrected chi connectivity index (χ3v) is 4.07. The van der Waals surface area contributed by atoms with E-state index in [1.54, 1.807) is 0 Å². The second kappa shape index (κ2) is 9.99. The van der Waals surface area contributed by atoms with Gasteiger partial charge in [0.05, 0.1) is 6.61 Å². The first kappa shape index (κ1) is 17.2. The summed E-state index contributed by atoms with van der Waals surface area (Å²) in [6, 6.07) is 4.71. The number of aryl methyl sites for hydroxylation is 3. The maximum Gasteiger partial charge on any atom is 0.0687 e. The summed E-state index contributed by atoms with van der Waals surface area (Å²) >= 11 is 0. The second-order valence-corrected chi connectivity index (χ2v) is 5.86. The van der Waals surface area contributed by atoms with Crippen molar-refractivity contribution in [2.24, 2.45) is 0 Å². The molecule has 1 aromatic carbocycles. The summed E-state index contributed by atoms with van der Waals surface area (Å²) in [5.74, 6) is 0. The number of unbranched alkanes of at least 4 members (excludes halogenated alkanes) is 3. The Morgan fingerprint density at radius 1 is 0.750 bits per heavy atom. The lowest BCUT2D eigenvalue weighted by Gasteiger charge is -2.16. The highest BCUT2D eigenvalue weighted by atomic mass is 16.3. The van der Waals surface area contributed by atoms with Crippen LogP contribution in [0.25, 0.3) is 0 Å². The average molecular weight is 276 g/mol. The zero-order chi connectivity index (χ0) is 14.8. The van der Waals surface area contributed by atoms with Gasteiger partial charge >= 0.3 is 0 Å². The van der Waals surface area contributed by atoms with Crippen LogP contribution in [0, 0.1) is 0 Å². The van der Waals surface area contributed by atoms with E-state index in [1.165, 1.54) is 67.2 Å². The lowest BCUT2D eigenvalue weighted by molar-refractivity contribution is 0.279. The van der Waals surface area contributed by atoms with E-state index in [0.29, 0.717) is 0 Å². The molecule has 0 aliphatic heterocycles. The van der Waals surface area contributed by atoms with Crippen LogP contribution in [0.5, 0.6) is 0 Å². The van der Waals surface area contributed by atoms with E-state index in [4.69, 9.17) is 0 Å². The van der Waals surface area contributed by atoms with Gasteiger partial charge < -0.3 is 5.11 Å². The highest BCUT2D eigenvalue weighted by Gasteiger charge is 2.10. The van der Waals surface area contributed by atoms with Crippen LogP contribution in [0.2, 0.25) is 0 Å². The van der Waals surface area contributed by atoms with Crippen LogP contribution in [0.15, 0.2) is 12.1 Å². The van der Waals surface area contributed by atoms with Crippen molar-refractivity contribution in [2.75, 3.05) is 0 Å². The standard InChI is InChI=1S/C19H32O/c1-4-7-10-16-13-17(11-8-5-2)19(15-20)18(14-16)12-9-6-3/h13-14,20H,4-12,15H2,1-3H3. The van der Waals surface area contributed by atoms with Crippen LogP contribution in [0.3, 0.4) is 0 Å². The molecule has 0 amide bonds. The van der Waals surface area contributed by atoms with Gasteiger partial charge in [-0.2, -0.15) is 0 Å². The van der Waals surface area contributed by atoms with Crippen molar-refractivity contribution in [1.82, 2.24) is 0 Å². The third-order valence-electron chi connectivity index (χ3n) is 4.07. The van der Waals surface area contributed by atoms with Gasteiger partial charge in [-0.1, -0.05) is 52.2 Å². The summed E-state index contributed by atoms with van der Waals surface area (Å²) in [4.78, 5) is 0. The summed E-state index contributed by atoms with van der Waals surface area (Å²) in [5, 5.41) is 9.76. The van der Waals surface area contributed by atoms with Gasteiger partial charge in [-0.3, -0.25) is 0 Å². The largest absolute Gasteiger partial charge is 0.392 e. The minimum absolute atomic E-state index is 0.201. The Morgan fingerprint density at radius 2 is 1.20 bits per heavy atom. The second-order valence-electron chi connectivity index (χ2n) is 5.86. The quantitative estimate of drug-likeness (QED) is 0.622. The molecule has 114 valence electrons. The molecule has 1 heteroatoms. The monoisotopic (exact) mass is 276 g/mol. The highest BCUT2D eigenvalue weighted by molar-refractivity contribution is 5.39. The van der Waals surface area contributed by atoms with Gasteiger partial charge in [0.1, 0.15) is 0 Å². The maximum absolute atomic E-state index is 9.76. The van der Waals surface area contributed by atoms with Crippen LogP contribution in [0.4, 0.5) is 0 Å². The van der Waals surface area contributed by atoms with Crippen molar-refractivity contribution < 1.29 is 5.11 Å². The molecule has 0 saturated carbocycles. The minimum atomic E-state index is 0.201. The minimum Gasteiger partial charge on any atom is -0.392 e. The lowest BCUT2D eigenvalue weighted by atomic mass is 9.91. The molecular weight excluding hydrogens is 244 g/mol. The molecule has 0 unspecified atom stereocenters. The van der Waals surface area contributed by atoms with E-state index in [2.05, 4.69) is 32.9 Å². The Labute approximate surface area is 125 Å². The lowest BCUT2D eigenvalue weighted by Crippen LogP contribution is -2.04. The average Bonchev–Trinajstić information content (AvgIpc) is 2.48. The first-order chi connectivity index (χ1) is 9.76. The van der Waals surface area contributed by atoms with Crippen molar-refractivity contribution in [3.63, 3.8) is 0 Å². The molecule has 1 nitrogen and oxygen atoms in total. The van der Waals surface area contributed by atoms with E-state index in [-0.39, 0.29) is 6.61 Å². The van der Waals surface area contributed by atoms with E-state index >= 15 is 0 Å². The molecule has 0 atom stereocenters. The van der Waals surface area contributed by atoms with Gasteiger partial charge in [-0.05, 0) is 60.8 Å². The molecule has 0 aromatic heterocycles. The molecular formula is C19H32O. The normalized spacial score (nSPS) is 11.0. The van der Waals surface area contributed by atoms with Gasteiger partial charge in [-0.15, -0.1) is 0 Å². The molecule has 1 aromatic rings. The van der Waals surface area contributed by atoms with Crippen molar-refractivity contribution in [2.45, 2.75) is 85.2 Å². The number of aliphatic hydroxyl groups is 1. The zero-order valence-corrected chi connectivity index (χ0v) is 13.7. The number of aliphatic hydroxyl groups excluding tert-OH is 1. The van der Waals surface area contributed by atoms with Crippen LogP contribution < -0.4 is 0 Å². The predicted molar refractivity (Wildman–Crippen MR) is 88.2 cm³/mol.